The molecule has 2 nitrogen and oxygen atoms in total. The van der Waals surface area contributed by atoms with E-state index in [1.807, 2.05) is 12.5 Å². The van der Waals surface area contributed by atoms with E-state index in [1.54, 1.807) is 0 Å². The average Bonchev–Trinajstić information content (AvgIpc) is 2.83. The van der Waals surface area contributed by atoms with Crippen LogP contribution in [0, 0.1) is 11.8 Å². The van der Waals surface area contributed by atoms with E-state index in [-0.39, 0.29) is 0 Å². The van der Waals surface area contributed by atoms with Gasteiger partial charge in [0.1, 0.15) is 0 Å². The molecule has 1 aromatic rings. The van der Waals surface area contributed by atoms with Crippen molar-refractivity contribution in [1.29, 1.82) is 0 Å². The van der Waals surface area contributed by atoms with Gasteiger partial charge in [-0.3, -0.25) is 4.90 Å². The van der Waals surface area contributed by atoms with Crippen molar-refractivity contribution in [3.05, 3.63) is 24.2 Å². The summed E-state index contributed by atoms with van der Waals surface area (Å²) in [5.74, 6) is 1.72. The van der Waals surface area contributed by atoms with Crippen LogP contribution < -0.4 is 0 Å². The van der Waals surface area contributed by atoms with Gasteiger partial charge in [-0.15, -0.1) is 0 Å². The van der Waals surface area contributed by atoms with E-state index in [9.17, 15) is 0 Å². The minimum atomic E-state index is 0.609. The van der Waals surface area contributed by atoms with E-state index in [2.05, 4.69) is 24.8 Å². The summed E-state index contributed by atoms with van der Waals surface area (Å²) in [6.07, 6.45) is 9.21. The van der Waals surface area contributed by atoms with E-state index in [0.29, 0.717) is 6.04 Å². The minimum absolute atomic E-state index is 0.609. The summed E-state index contributed by atoms with van der Waals surface area (Å²) >= 11 is 0. The predicted molar refractivity (Wildman–Crippen MR) is 68.7 cm³/mol. The summed E-state index contributed by atoms with van der Waals surface area (Å²) in [5.41, 5.74) is 1.39. The second kappa shape index (κ2) is 4.49. The van der Waals surface area contributed by atoms with Crippen LogP contribution in [0.5, 0.6) is 0 Å². The Morgan fingerprint density at radius 3 is 2.82 bits per heavy atom. The molecule has 2 saturated heterocycles. The average molecular weight is 233 g/mol. The minimum Gasteiger partial charge on any atom is -0.472 e. The molecule has 2 fully saturated rings. The Labute approximate surface area is 104 Å². The third-order valence-electron chi connectivity index (χ3n) is 4.78. The highest BCUT2D eigenvalue weighted by molar-refractivity contribution is 5.14. The van der Waals surface area contributed by atoms with Crippen LogP contribution in [0.2, 0.25) is 0 Å². The first-order valence-corrected chi connectivity index (χ1v) is 7.03. The van der Waals surface area contributed by atoms with E-state index in [0.717, 1.165) is 17.9 Å². The van der Waals surface area contributed by atoms with Crippen molar-refractivity contribution < 1.29 is 4.42 Å². The van der Waals surface area contributed by atoms with Crippen molar-refractivity contribution in [3.63, 3.8) is 0 Å². The van der Waals surface area contributed by atoms with Crippen molar-refractivity contribution in [1.82, 2.24) is 4.90 Å². The van der Waals surface area contributed by atoms with E-state index in [1.165, 1.54) is 37.8 Å². The van der Waals surface area contributed by atoms with Gasteiger partial charge in [-0.1, -0.05) is 13.8 Å². The number of nitrogens with zero attached hydrogens (tertiary/aromatic N) is 1. The van der Waals surface area contributed by atoms with E-state index < -0.39 is 0 Å². The third-order valence-corrected chi connectivity index (χ3v) is 4.78. The highest BCUT2D eigenvalue weighted by Gasteiger charge is 2.38. The molecule has 3 heterocycles. The normalized spacial score (nSPS) is 38.9. The van der Waals surface area contributed by atoms with Crippen molar-refractivity contribution in [2.24, 2.45) is 11.8 Å². The number of hydrogen-bond acceptors (Lipinski definition) is 2. The molecule has 0 saturated carbocycles. The van der Waals surface area contributed by atoms with Gasteiger partial charge in [0.05, 0.1) is 12.5 Å². The highest BCUT2D eigenvalue weighted by Crippen LogP contribution is 2.42. The molecule has 1 aromatic heterocycles. The second-order valence-corrected chi connectivity index (χ2v) is 6.07. The van der Waals surface area contributed by atoms with Crippen LogP contribution in [0.25, 0.3) is 0 Å². The molecule has 94 valence electrons. The zero-order valence-electron chi connectivity index (χ0n) is 10.9. The van der Waals surface area contributed by atoms with Crippen LogP contribution in [0.15, 0.2) is 23.0 Å². The smallest absolute Gasteiger partial charge is 0.0950 e. The van der Waals surface area contributed by atoms with Crippen LogP contribution >= 0.6 is 0 Å². The molecule has 3 rings (SSSR count). The second-order valence-electron chi connectivity index (χ2n) is 6.07. The molecular formula is C15H23NO. The standard InChI is InChI=1S/C15H23NO/c1-11-3-5-14-12(2)4-6-15(16(14)9-11)13-7-8-17-10-13/h7-8,10-12,14-15H,3-6,9H2,1-2H3/t11-,12+,14?,15-/m0/s1. The zero-order chi connectivity index (χ0) is 11.8. The Kier molecular flexibility index (Phi) is 2.99. The molecule has 1 unspecified atom stereocenters. The number of furan rings is 1. The molecular weight excluding hydrogens is 210 g/mol. The molecule has 0 N–H and O–H groups in total. The summed E-state index contributed by atoms with van der Waals surface area (Å²) in [6, 6.07) is 3.56. The molecule has 17 heavy (non-hydrogen) atoms. The van der Waals surface area contributed by atoms with Crippen LogP contribution in [0.1, 0.15) is 51.1 Å². The number of rotatable bonds is 1. The third kappa shape index (κ3) is 2.03. The van der Waals surface area contributed by atoms with Gasteiger partial charge in [-0.2, -0.15) is 0 Å². The lowest BCUT2D eigenvalue weighted by molar-refractivity contribution is -0.00172. The highest BCUT2D eigenvalue weighted by atomic mass is 16.3. The van der Waals surface area contributed by atoms with Gasteiger partial charge in [0.15, 0.2) is 0 Å². The summed E-state index contributed by atoms with van der Waals surface area (Å²) < 4.78 is 5.27. The van der Waals surface area contributed by atoms with Crippen LogP contribution in [-0.2, 0) is 0 Å². The molecule has 0 radical (unpaired) electrons. The lowest BCUT2D eigenvalue weighted by Gasteiger charge is -2.49. The van der Waals surface area contributed by atoms with Crippen molar-refractivity contribution in [2.75, 3.05) is 6.54 Å². The number of fused-ring (bicyclic) bond motifs is 1. The van der Waals surface area contributed by atoms with Gasteiger partial charge in [0.2, 0.25) is 0 Å². The molecule has 4 atom stereocenters. The van der Waals surface area contributed by atoms with Crippen LogP contribution in [0.3, 0.4) is 0 Å². The van der Waals surface area contributed by atoms with Gasteiger partial charge in [-0.05, 0) is 43.6 Å². The summed E-state index contributed by atoms with van der Waals surface area (Å²) in [6.45, 7) is 6.09. The fraction of sp³-hybridized carbons (Fsp3) is 0.733. The maximum absolute atomic E-state index is 5.27. The Balaban J connectivity index is 1.84. The van der Waals surface area contributed by atoms with Crippen LogP contribution in [-0.4, -0.2) is 17.5 Å². The van der Waals surface area contributed by atoms with E-state index >= 15 is 0 Å². The maximum atomic E-state index is 5.27. The monoisotopic (exact) mass is 233 g/mol. The summed E-state index contributed by atoms with van der Waals surface area (Å²) in [4.78, 5) is 2.76. The van der Waals surface area contributed by atoms with Crippen molar-refractivity contribution in [2.45, 2.75) is 51.6 Å². The quantitative estimate of drug-likeness (QED) is 0.732. The Morgan fingerprint density at radius 1 is 1.18 bits per heavy atom. The Morgan fingerprint density at radius 2 is 2.06 bits per heavy atom. The molecule has 2 aliphatic rings. The molecule has 0 amide bonds. The molecule has 2 heteroatoms. The lowest BCUT2D eigenvalue weighted by atomic mass is 9.78. The first-order valence-electron chi connectivity index (χ1n) is 7.03. The van der Waals surface area contributed by atoms with Gasteiger partial charge >= 0.3 is 0 Å². The molecule has 0 spiro atoms. The topological polar surface area (TPSA) is 16.4 Å². The summed E-state index contributed by atoms with van der Waals surface area (Å²) in [7, 11) is 0. The Bertz CT molecular complexity index is 359. The first kappa shape index (κ1) is 11.3. The number of piperidine rings is 2. The van der Waals surface area contributed by atoms with Gasteiger partial charge in [0, 0.05) is 24.2 Å². The molecule has 0 aromatic carbocycles. The lowest BCUT2D eigenvalue weighted by Crippen LogP contribution is -2.50. The molecule has 0 bridgehead atoms. The predicted octanol–water partition coefficient (Wildman–Crippen LogP) is 3.85. The first-order chi connectivity index (χ1) is 8.25. The van der Waals surface area contributed by atoms with Gasteiger partial charge in [-0.25, -0.2) is 0 Å². The fourth-order valence-corrected chi connectivity index (χ4v) is 3.78. The van der Waals surface area contributed by atoms with Crippen LogP contribution in [0.4, 0.5) is 0 Å². The maximum Gasteiger partial charge on any atom is 0.0950 e. The van der Waals surface area contributed by atoms with Gasteiger partial charge in [0.25, 0.3) is 0 Å². The van der Waals surface area contributed by atoms with Crippen molar-refractivity contribution in [3.8, 4) is 0 Å². The zero-order valence-corrected chi connectivity index (χ0v) is 10.9. The van der Waals surface area contributed by atoms with E-state index in [4.69, 9.17) is 4.42 Å². The summed E-state index contributed by atoms with van der Waals surface area (Å²) in [5, 5.41) is 0. The molecule has 0 aliphatic carbocycles. The fourth-order valence-electron chi connectivity index (χ4n) is 3.78. The molecule has 2 aliphatic heterocycles. The number of hydrogen-bond donors (Lipinski definition) is 0. The van der Waals surface area contributed by atoms with Crippen molar-refractivity contribution >= 4 is 0 Å². The van der Waals surface area contributed by atoms with Gasteiger partial charge < -0.3 is 4.42 Å². The SMILES string of the molecule is C[C@H]1CCC2[C@H](C)CC[C@@H](c3ccoc3)N2C1. The Hall–Kier alpha value is -0.760. The largest absolute Gasteiger partial charge is 0.472 e.